The van der Waals surface area contributed by atoms with Crippen LogP contribution in [-0.4, -0.2) is 38.3 Å². The van der Waals surface area contributed by atoms with Gasteiger partial charge in [0.1, 0.15) is 0 Å². The maximum absolute atomic E-state index is 12.1. The van der Waals surface area contributed by atoms with Gasteiger partial charge in [-0.15, -0.1) is 0 Å². The second kappa shape index (κ2) is 4.72. The molecule has 1 amide bonds. The summed E-state index contributed by atoms with van der Waals surface area (Å²) in [4.78, 5) is 12.1. The molecule has 16 heavy (non-hydrogen) atoms. The summed E-state index contributed by atoms with van der Waals surface area (Å²) in [6, 6.07) is 0.229. The first-order valence-electron chi connectivity index (χ1n) is 6.21. The first-order valence-corrected chi connectivity index (χ1v) is 6.21. The summed E-state index contributed by atoms with van der Waals surface area (Å²) in [5.41, 5.74) is -0.215. The molecule has 2 aliphatic heterocycles. The van der Waals surface area contributed by atoms with E-state index >= 15 is 0 Å². The van der Waals surface area contributed by atoms with Crippen LogP contribution >= 0.6 is 0 Å². The Labute approximate surface area is 97.1 Å². The highest BCUT2D eigenvalue weighted by atomic mass is 16.5. The minimum atomic E-state index is -0.215. The summed E-state index contributed by atoms with van der Waals surface area (Å²) in [5.74, 6) is 0.679. The van der Waals surface area contributed by atoms with Crippen LogP contribution in [0.15, 0.2) is 0 Å². The average Bonchev–Trinajstić information content (AvgIpc) is 2.88. The van der Waals surface area contributed by atoms with Crippen molar-refractivity contribution in [1.29, 1.82) is 0 Å². The van der Waals surface area contributed by atoms with Crippen molar-refractivity contribution in [3.63, 3.8) is 0 Å². The third-order valence-corrected chi connectivity index (χ3v) is 3.95. The number of ether oxygens (including phenoxy) is 1. The van der Waals surface area contributed by atoms with Crippen LogP contribution in [0.2, 0.25) is 0 Å². The maximum Gasteiger partial charge on any atom is 0.227 e. The number of hydrogen-bond acceptors (Lipinski definition) is 3. The lowest BCUT2D eigenvalue weighted by Gasteiger charge is -2.26. The van der Waals surface area contributed by atoms with Crippen LogP contribution in [0.25, 0.3) is 0 Å². The molecule has 0 aliphatic carbocycles. The zero-order valence-corrected chi connectivity index (χ0v) is 10.2. The van der Waals surface area contributed by atoms with Crippen molar-refractivity contribution in [2.45, 2.75) is 32.7 Å². The molecule has 92 valence electrons. The van der Waals surface area contributed by atoms with Crippen LogP contribution in [0.4, 0.5) is 0 Å². The molecule has 0 radical (unpaired) electrons. The molecule has 3 atom stereocenters. The zero-order valence-electron chi connectivity index (χ0n) is 10.2. The van der Waals surface area contributed by atoms with Crippen molar-refractivity contribution in [2.24, 2.45) is 11.3 Å². The highest BCUT2D eigenvalue weighted by Gasteiger charge is 2.37. The molecule has 2 heterocycles. The fourth-order valence-corrected chi connectivity index (χ4v) is 2.46. The Kier molecular flexibility index (Phi) is 3.50. The molecule has 2 N–H and O–H groups in total. The molecule has 4 heteroatoms. The maximum atomic E-state index is 12.1. The van der Waals surface area contributed by atoms with Gasteiger partial charge in [0, 0.05) is 25.1 Å². The monoisotopic (exact) mass is 226 g/mol. The molecule has 0 aromatic heterocycles. The molecule has 2 rings (SSSR count). The number of nitrogens with one attached hydrogen (secondary N) is 2. The molecule has 0 saturated carbocycles. The van der Waals surface area contributed by atoms with Gasteiger partial charge >= 0.3 is 0 Å². The quantitative estimate of drug-likeness (QED) is 0.738. The summed E-state index contributed by atoms with van der Waals surface area (Å²) < 4.78 is 5.35. The third-order valence-electron chi connectivity index (χ3n) is 3.95. The Morgan fingerprint density at radius 1 is 1.62 bits per heavy atom. The van der Waals surface area contributed by atoms with Gasteiger partial charge < -0.3 is 15.4 Å². The van der Waals surface area contributed by atoms with E-state index in [1.54, 1.807) is 0 Å². The van der Waals surface area contributed by atoms with E-state index in [1.165, 1.54) is 0 Å². The Bertz CT molecular complexity index is 256. The predicted octanol–water partition coefficient (Wildman–Crippen LogP) is 0.527. The number of rotatable bonds is 3. The Balaban J connectivity index is 1.86. The third kappa shape index (κ3) is 2.38. The molecule has 2 saturated heterocycles. The SMILES string of the molecule is CC(NC(=O)C1(C)CCNC1)C1CCOC1. The van der Waals surface area contributed by atoms with Gasteiger partial charge in [0.2, 0.25) is 5.91 Å². The van der Waals surface area contributed by atoms with Crippen molar-refractivity contribution >= 4 is 5.91 Å². The van der Waals surface area contributed by atoms with Gasteiger partial charge in [-0.1, -0.05) is 0 Å². The van der Waals surface area contributed by atoms with E-state index in [9.17, 15) is 4.79 Å². The summed E-state index contributed by atoms with van der Waals surface area (Å²) in [6.07, 6.45) is 2.00. The molecule has 3 unspecified atom stereocenters. The van der Waals surface area contributed by atoms with E-state index in [1.807, 2.05) is 6.92 Å². The Hall–Kier alpha value is -0.610. The lowest BCUT2D eigenvalue weighted by atomic mass is 9.88. The fraction of sp³-hybridized carbons (Fsp3) is 0.917. The number of amides is 1. The molecule has 4 nitrogen and oxygen atoms in total. The molecule has 2 aliphatic rings. The van der Waals surface area contributed by atoms with E-state index in [4.69, 9.17) is 4.74 Å². The number of hydrogen-bond donors (Lipinski definition) is 2. The van der Waals surface area contributed by atoms with Gasteiger partial charge in [0.25, 0.3) is 0 Å². The fourth-order valence-electron chi connectivity index (χ4n) is 2.46. The molecule has 0 bridgehead atoms. The highest BCUT2D eigenvalue weighted by Crippen LogP contribution is 2.25. The average molecular weight is 226 g/mol. The summed E-state index contributed by atoms with van der Waals surface area (Å²) in [5, 5.41) is 6.40. The Morgan fingerprint density at radius 3 is 3.00 bits per heavy atom. The number of carbonyl (C=O) groups is 1. The molecule has 2 fully saturated rings. The minimum Gasteiger partial charge on any atom is -0.381 e. The second-order valence-corrected chi connectivity index (χ2v) is 5.37. The molecular weight excluding hydrogens is 204 g/mol. The van der Waals surface area contributed by atoms with Gasteiger partial charge in [0.15, 0.2) is 0 Å². The van der Waals surface area contributed by atoms with Gasteiger partial charge in [-0.05, 0) is 33.2 Å². The predicted molar refractivity (Wildman–Crippen MR) is 62.1 cm³/mol. The lowest BCUT2D eigenvalue weighted by molar-refractivity contribution is -0.130. The van der Waals surface area contributed by atoms with Crippen LogP contribution < -0.4 is 10.6 Å². The largest absolute Gasteiger partial charge is 0.381 e. The van der Waals surface area contributed by atoms with Crippen LogP contribution in [0.1, 0.15) is 26.7 Å². The van der Waals surface area contributed by atoms with Crippen LogP contribution in [-0.2, 0) is 9.53 Å². The Morgan fingerprint density at radius 2 is 2.44 bits per heavy atom. The van der Waals surface area contributed by atoms with Gasteiger partial charge in [-0.2, -0.15) is 0 Å². The topological polar surface area (TPSA) is 50.4 Å². The summed E-state index contributed by atoms with van der Waals surface area (Å²) in [6.45, 7) is 7.50. The van der Waals surface area contributed by atoms with E-state index < -0.39 is 0 Å². The van der Waals surface area contributed by atoms with Gasteiger partial charge in [-0.25, -0.2) is 0 Å². The standard InChI is InChI=1S/C12H22N2O2/c1-9(10-3-6-16-7-10)14-11(15)12(2)4-5-13-8-12/h9-10,13H,3-8H2,1-2H3,(H,14,15). The van der Waals surface area contributed by atoms with Crippen LogP contribution in [0, 0.1) is 11.3 Å². The van der Waals surface area contributed by atoms with Crippen molar-refractivity contribution in [3.8, 4) is 0 Å². The van der Waals surface area contributed by atoms with Gasteiger partial charge in [-0.3, -0.25) is 4.79 Å². The van der Waals surface area contributed by atoms with Gasteiger partial charge in [0.05, 0.1) is 12.0 Å². The first-order chi connectivity index (χ1) is 7.62. The molecule has 0 aromatic rings. The highest BCUT2D eigenvalue weighted by molar-refractivity contribution is 5.83. The summed E-state index contributed by atoms with van der Waals surface area (Å²) >= 11 is 0. The minimum absolute atomic E-state index is 0.192. The van der Waals surface area contributed by atoms with Crippen molar-refractivity contribution in [2.75, 3.05) is 26.3 Å². The van der Waals surface area contributed by atoms with Crippen molar-refractivity contribution in [3.05, 3.63) is 0 Å². The van der Waals surface area contributed by atoms with E-state index in [-0.39, 0.29) is 17.4 Å². The molecular formula is C12H22N2O2. The lowest BCUT2D eigenvalue weighted by Crippen LogP contribution is -2.46. The van der Waals surface area contributed by atoms with E-state index in [2.05, 4.69) is 17.6 Å². The molecule has 0 spiro atoms. The first kappa shape index (κ1) is 11.9. The zero-order chi connectivity index (χ0) is 11.6. The molecule has 0 aromatic carbocycles. The van der Waals surface area contributed by atoms with Crippen LogP contribution in [0.3, 0.4) is 0 Å². The smallest absolute Gasteiger partial charge is 0.227 e. The van der Waals surface area contributed by atoms with Crippen molar-refractivity contribution < 1.29 is 9.53 Å². The van der Waals surface area contributed by atoms with Crippen LogP contribution in [0.5, 0.6) is 0 Å². The second-order valence-electron chi connectivity index (χ2n) is 5.37. The van der Waals surface area contributed by atoms with E-state index in [0.29, 0.717) is 5.92 Å². The normalized spacial score (nSPS) is 36.2. The number of carbonyl (C=O) groups excluding carboxylic acids is 1. The van der Waals surface area contributed by atoms with E-state index in [0.717, 1.165) is 39.1 Å². The van der Waals surface area contributed by atoms with Crippen molar-refractivity contribution in [1.82, 2.24) is 10.6 Å². The summed E-state index contributed by atoms with van der Waals surface area (Å²) in [7, 11) is 0.